The Balaban J connectivity index is 2.23. The first-order chi connectivity index (χ1) is 4.86. The normalized spacial score (nSPS) is 21.1. The van der Waals surface area contributed by atoms with Crippen LogP contribution < -0.4 is 0 Å². The number of carbonyl (C=O) groups excluding carboxylic acids is 1. The Labute approximate surface area is 66.0 Å². The minimum absolute atomic E-state index is 0.788. The van der Waals surface area contributed by atoms with Crippen molar-refractivity contribution >= 4 is 18.2 Å². The second-order valence-corrected chi connectivity index (χ2v) is 3.71. The molecule has 3 heteroatoms. The van der Waals surface area contributed by atoms with Gasteiger partial charge in [0.2, 0.25) is 6.41 Å². The third kappa shape index (κ3) is 1.90. The molecule has 1 heterocycles. The van der Waals surface area contributed by atoms with Crippen LogP contribution in [0.5, 0.6) is 0 Å². The van der Waals surface area contributed by atoms with Crippen molar-refractivity contribution in [3.8, 4) is 0 Å². The van der Waals surface area contributed by atoms with E-state index in [0.29, 0.717) is 0 Å². The van der Waals surface area contributed by atoms with Gasteiger partial charge >= 0.3 is 0 Å². The van der Waals surface area contributed by atoms with E-state index in [-0.39, 0.29) is 0 Å². The summed E-state index contributed by atoms with van der Waals surface area (Å²) < 4.78 is 0. The van der Waals surface area contributed by atoms with Crippen LogP contribution in [0.1, 0.15) is 12.8 Å². The van der Waals surface area contributed by atoms with Gasteiger partial charge in [-0.15, -0.1) is 0 Å². The molecule has 2 nitrogen and oxygen atoms in total. The molecular formula is C7H13NOS. The Bertz CT molecular complexity index is 110. The Morgan fingerprint density at radius 2 is 2.10 bits per heavy atom. The molecule has 0 aromatic rings. The molecular weight excluding hydrogens is 146 g/mol. The van der Waals surface area contributed by atoms with Crippen molar-refractivity contribution in [2.75, 3.05) is 19.3 Å². The molecule has 1 saturated heterocycles. The molecule has 1 aliphatic rings. The Hall–Kier alpha value is -0.180. The van der Waals surface area contributed by atoms with Crippen molar-refractivity contribution in [3.63, 3.8) is 0 Å². The molecule has 0 spiro atoms. The molecule has 1 amide bonds. The number of hydrogen-bond donors (Lipinski definition) is 0. The molecule has 0 unspecified atom stereocenters. The lowest BCUT2D eigenvalue weighted by atomic mass is 10.1. The maximum Gasteiger partial charge on any atom is 0.209 e. The Morgan fingerprint density at radius 1 is 1.50 bits per heavy atom. The quantitative estimate of drug-likeness (QED) is 0.560. The zero-order valence-electron chi connectivity index (χ0n) is 6.25. The number of carbonyl (C=O) groups is 1. The summed E-state index contributed by atoms with van der Waals surface area (Å²) in [6, 6.07) is 0. The highest BCUT2D eigenvalue weighted by Crippen LogP contribution is 2.19. The summed E-state index contributed by atoms with van der Waals surface area (Å²) in [6.07, 6.45) is 5.43. The Morgan fingerprint density at radius 3 is 2.50 bits per heavy atom. The smallest absolute Gasteiger partial charge is 0.209 e. The summed E-state index contributed by atoms with van der Waals surface area (Å²) in [4.78, 5) is 12.1. The van der Waals surface area contributed by atoms with Gasteiger partial charge in [-0.3, -0.25) is 4.79 Å². The average molecular weight is 159 g/mol. The van der Waals surface area contributed by atoms with E-state index in [4.69, 9.17) is 0 Å². The van der Waals surface area contributed by atoms with Crippen molar-refractivity contribution in [3.05, 3.63) is 0 Å². The van der Waals surface area contributed by atoms with Crippen LogP contribution in [0.3, 0.4) is 0 Å². The van der Waals surface area contributed by atoms with E-state index >= 15 is 0 Å². The van der Waals surface area contributed by atoms with Gasteiger partial charge in [-0.1, -0.05) is 0 Å². The average Bonchev–Trinajstić information content (AvgIpc) is 2.05. The fourth-order valence-electron chi connectivity index (χ4n) is 1.22. The van der Waals surface area contributed by atoms with Crippen LogP contribution in [0, 0.1) is 0 Å². The molecule has 10 heavy (non-hydrogen) atoms. The summed E-state index contributed by atoms with van der Waals surface area (Å²) in [5.74, 6) is 0. The SMILES string of the molecule is CSC1CCN(C=O)CC1. The van der Waals surface area contributed by atoms with Crippen molar-refractivity contribution in [2.45, 2.75) is 18.1 Å². The van der Waals surface area contributed by atoms with Crippen molar-refractivity contribution in [1.29, 1.82) is 0 Å². The lowest BCUT2D eigenvalue weighted by Gasteiger charge is -2.27. The third-order valence-electron chi connectivity index (χ3n) is 1.96. The number of piperidine rings is 1. The number of rotatable bonds is 2. The van der Waals surface area contributed by atoms with Gasteiger partial charge < -0.3 is 4.90 Å². The van der Waals surface area contributed by atoms with Gasteiger partial charge in [-0.25, -0.2) is 0 Å². The van der Waals surface area contributed by atoms with E-state index < -0.39 is 0 Å². The number of thioether (sulfide) groups is 1. The van der Waals surface area contributed by atoms with Gasteiger partial charge in [0, 0.05) is 18.3 Å². The minimum Gasteiger partial charge on any atom is -0.345 e. The van der Waals surface area contributed by atoms with Crippen LogP contribution >= 0.6 is 11.8 Å². The van der Waals surface area contributed by atoms with E-state index in [2.05, 4.69) is 6.26 Å². The summed E-state index contributed by atoms with van der Waals surface area (Å²) in [7, 11) is 0. The highest BCUT2D eigenvalue weighted by Gasteiger charge is 2.15. The van der Waals surface area contributed by atoms with Gasteiger partial charge in [-0.05, 0) is 19.1 Å². The molecule has 1 aliphatic heterocycles. The van der Waals surface area contributed by atoms with E-state index in [9.17, 15) is 4.79 Å². The van der Waals surface area contributed by atoms with Gasteiger partial charge in [0.25, 0.3) is 0 Å². The van der Waals surface area contributed by atoms with E-state index in [1.54, 1.807) is 0 Å². The molecule has 0 aromatic carbocycles. The van der Waals surface area contributed by atoms with E-state index in [0.717, 1.165) is 24.7 Å². The van der Waals surface area contributed by atoms with Crippen LogP contribution in [0.4, 0.5) is 0 Å². The number of hydrogen-bond acceptors (Lipinski definition) is 2. The molecule has 0 bridgehead atoms. The first-order valence-corrected chi connectivity index (χ1v) is 4.87. The first-order valence-electron chi connectivity index (χ1n) is 3.59. The van der Waals surface area contributed by atoms with Crippen LogP contribution in [-0.2, 0) is 4.79 Å². The molecule has 1 rings (SSSR count). The molecule has 0 atom stereocenters. The molecule has 0 radical (unpaired) electrons. The fraction of sp³-hybridized carbons (Fsp3) is 0.857. The Kier molecular flexibility index (Phi) is 3.06. The standard InChI is InChI=1S/C7H13NOS/c1-10-7-2-4-8(6-9)5-3-7/h6-7H,2-5H2,1H3. The highest BCUT2D eigenvalue weighted by atomic mass is 32.2. The van der Waals surface area contributed by atoms with Crippen LogP contribution in [0.2, 0.25) is 0 Å². The topological polar surface area (TPSA) is 20.3 Å². The van der Waals surface area contributed by atoms with Gasteiger partial charge in [0.1, 0.15) is 0 Å². The van der Waals surface area contributed by atoms with Crippen LogP contribution in [0.15, 0.2) is 0 Å². The second-order valence-electron chi connectivity index (χ2n) is 2.58. The van der Waals surface area contributed by atoms with E-state index in [1.165, 1.54) is 12.8 Å². The zero-order chi connectivity index (χ0) is 7.40. The maximum absolute atomic E-state index is 10.3. The lowest BCUT2D eigenvalue weighted by Crippen LogP contribution is -2.33. The minimum atomic E-state index is 0.788. The van der Waals surface area contributed by atoms with Crippen LogP contribution in [-0.4, -0.2) is 35.9 Å². The number of likely N-dealkylation sites (tertiary alicyclic amines) is 1. The van der Waals surface area contributed by atoms with Gasteiger partial charge in [0.05, 0.1) is 0 Å². The zero-order valence-corrected chi connectivity index (χ0v) is 7.06. The summed E-state index contributed by atoms with van der Waals surface area (Å²) >= 11 is 1.92. The largest absolute Gasteiger partial charge is 0.345 e. The molecule has 0 N–H and O–H groups in total. The number of amides is 1. The molecule has 58 valence electrons. The second kappa shape index (κ2) is 3.86. The highest BCUT2D eigenvalue weighted by molar-refractivity contribution is 7.99. The predicted octanol–water partition coefficient (Wildman–Crippen LogP) is 0.970. The van der Waals surface area contributed by atoms with Crippen molar-refractivity contribution in [1.82, 2.24) is 4.90 Å². The summed E-state index contributed by atoms with van der Waals surface area (Å²) in [5, 5.41) is 0.788. The number of nitrogens with zero attached hydrogens (tertiary/aromatic N) is 1. The molecule has 1 fully saturated rings. The molecule has 0 saturated carbocycles. The van der Waals surface area contributed by atoms with Crippen molar-refractivity contribution < 1.29 is 4.79 Å². The summed E-state index contributed by atoms with van der Waals surface area (Å²) in [6.45, 7) is 1.91. The molecule has 0 aliphatic carbocycles. The maximum atomic E-state index is 10.3. The van der Waals surface area contributed by atoms with E-state index in [1.807, 2.05) is 16.7 Å². The van der Waals surface area contributed by atoms with Gasteiger partial charge in [-0.2, -0.15) is 11.8 Å². The first kappa shape index (κ1) is 7.92. The van der Waals surface area contributed by atoms with Crippen LogP contribution in [0.25, 0.3) is 0 Å². The monoisotopic (exact) mass is 159 g/mol. The predicted molar refractivity (Wildman–Crippen MR) is 44.2 cm³/mol. The summed E-state index contributed by atoms with van der Waals surface area (Å²) in [5.41, 5.74) is 0. The third-order valence-corrected chi connectivity index (χ3v) is 3.10. The van der Waals surface area contributed by atoms with Gasteiger partial charge in [0.15, 0.2) is 0 Å². The molecule has 0 aromatic heterocycles. The lowest BCUT2D eigenvalue weighted by molar-refractivity contribution is -0.118. The van der Waals surface area contributed by atoms with Crippen molar-refractivity contribution in [2.24, 2.45) is 0 Å². The fourth-order valence-corrected chi connectivity index (χ4v) is 1.90.